The summed E-state index contributed by atoms with van der Waals surface area (Å²) in [6, 6.07) is 7.19. The van der Waals surface area contributed by atoms with Crippen LogP contribution in [0.3, 0.4) is 0 Å². The number of benzene rings is 1. The smallest absolute Gasteiger partial charge is 0.175 e. The fourth-order valence-electron chi connectivity index (χ4n) is 1.89. The predicted octanol–water partition coefficient (Wildman–Crippen LogP) is 1.69. The molecular formula is C11H15NO2S. The second-order valence-corrected chi connectivity index (χ2v) is 5.98. The monoisotopic (exact) mass is 225 g/mol. The maximum absolute atomic E-state index is 11.4. The van der Waals surface area contributed by atoms with Crippen LogP contribution in [-0.4, -0.2) is 27.8 Å². The first-order valence-corrected chi connectivity index (χ1v) is 7.01. The van der Waals surface area contributed by atoms with Crippen LogP contribution in [0, 0.1) is 0 Å². The molecule has 15 heavy (non-hydrogen) atoms. The molecule has 0 N–H and O–H groups in total. The van der Waals surface area contributed by atoms with Gasteiger partial charge in [-0.25, -0.2) is 8.42 Å². The van der Waals surface area contributed by atoms with Gasteiger partial charge >= 0.3 is 0 Å². The van der Waals surface area contributed by atoms with Gasteiger partial charge in [-0.1, -0.05) is 6.07 Å². The van der Waals surface area contributed by atoms with E-state index in [1.807, 2.05) is 12.1 Å². The van der Waals surface area contributed by atoms with Gasteiger partial charge in [0, 0.05) is 25.0 Å². The molecule has 0 bridgehead atoms. The molecule has 3 nitrogen and oxygen atoms in total. The first kappa shape index (κ1) is 10.5. The number of hydrogen-bond donors (Lipinski definition) is 0. The van der Waals surface area contributed by atoms with Crippen LogP contribution in [0.4, 0.5) is 5.69 Å². The van der Waals surface area contributed by atoms with E-state index in [9.17, 15) is 8.42 Å². The SMILES string of the molecule is CS(=O)(=O)c1cccc(N2CCCC2)c1. The molecule has 1 fully saturated rings. The summed E-state index contributed by atoms with van der Waals surface area (Å²) in [6.45, 7) is 2.07. The van der Waals surface area contributed by atoms with Gasteiger partial charge in [0.15, 0.2) is 9.84 Å². The maximum Gasteiger partial charge on any atom is 0.175 e. The molecule has 0 saturated carbocycles. The van der Waals surface area contributed by atoms with Crippen LogP contribution in [0.5, 0.6) is 0 Å². The van der Waals surface area contributed by atoms with Crippen molar-refractivity contribution in [1.29, 1.82) is 0 Å². The lowest BCUT2D eigenvalue weighted by Gasteiger charge is -2.17. The first-order chi connectivity index (χ1) is 7.07. The molecule has 1 aromatic carbocycles. The predicted molar refractivity (Wildman–Crippen MR) is 61.0 cm³/mol. The zero-order chi connectivity index (χ0) is 10.9. The fourth-order valence-corrected chi connectivity index (χ4v) is 2.55. The minimum Gasteiger partial charge on any atom is -0.372 e. The third kappa shape index (κ3) is 2.31. The first-order valence-electron chi connectivity index (χ1n) is 5.12. The average Bonchev–Trinajstić information content (AvgIpc) is 2.69. The summed E-state index contributed by atoms with van der Waals surface area (Å²) in [5.74, 6) is 0. The van der Waals surface area contributed by atoms with E-state index in [1.54, 1.807) is 12.1 Å². The zero-order valence-corrected chi connectivity index (χ0v) is 9.63. The van der Waals surface area contributed by atoms with E-state index in [-0.39, 0.29) is 0 Å². The van der Waals surface area contributed by atoms with E-state index >= 15 is 0 Å². The number of nitrogens with zero attached hydrogens (tertiary/aromatic N) is 1. The Morgan fingerprint density at radius 3 is 2.47 bits per heavy atom. The molecule has 0 unspecified atom stereocenters. The van der Waals surface area contributed by atoms with Crippen LogP contribution < -0.4 is 4.90 Å². The van der Waals surface area contributed by atoms with E-state index in [1.165, 1.54) is 19.1 Å². The van der Waals surface area contributed by atoms with E-state index < -0.39 is 9.84 Å². The Balaban J connectivity index is 2.34. The standard InChI is InChI=1S/C11H15NO2S/c1-15(13,14)11-6-4-5-10(9-11)12-7-2-3-8-12/h4-6,9H,2-3,7-8H2,1H3. The lowest BCUT2D eigenvalue weighted by Crippen LogP contribution is -2.17. The molecule has 1 aliphatic rings. The van der Waals surface area contributed by atoms with E-state index in [4.69, 9.17) is 0 Å². The molecule has 0 atom stereocenters. The third-order valence-corrected chi connectivity index (χ3v) is 3.83. The van der Waals surface area contributed by atoms with Crippen LogP contribution >= 0.6 is 0 Å². The van der Waals surface area contributed by atoms with Crippen molar-refractivity contribution in [3.8, 4) is 0 Å². The lowest BCUT2D eigenvalue weighted by molar-refractivity contribution is 0.602. The highest BCUT2D eigenvalue weighted by Crippen LogP contribution is 2.22. The van der Waals surface area contributed by atoms with Crippen molar-refractivity contribution in [1.82, 2.24) is 0 Å². The molecule has 1 aliphatic heterocycles. The molecule has 1 saturated heterocycles. The molecule has 4 heteroatoms. The molecule has 0 spiro atoms. The van der Waals surface area contributed by atoms with Crippen molar-refractivity contribution in [3.63, 3.8) is 0 Å². The zero-order valence-electron chi connectivity index (χ0n) is 8.81. The van der Waals surface area contributed by atoms with Crippen molar-refractivity contribution in [2.24, 2.45) is 0 Å². The summed E-state index contributed by atoms with van der Waals surface area (Å²) >= 11 is 0. The van der Waals surface area contributed by atoms with Gasteiger partial charge in [0.2, 0.25) is 0 Å². The Morgan fingerprint density at radius 2 is 1.87 bits per heavy atom. The van der Waals surface area contributed by atoms with Crippen molar-refractivity contribution >= 4 is 15.5 Å². The topological polar surface area (TPSA) is 37.4 Å². The van der Waals surface area contributed by atoms with E-state index in [0.717, 1.165) is 18.8 Å². The number of sulfone groups is 1. The number of rotatable bonds is 2. The van der Waals surface area contributed by atoms with Gasteiger partial charge in [-0.3, -0.25) is 0 Å². The van der Waals surface area contributed by atoms with Crippen molar-refractivity contribution in [3.05, 3.63) is 24.3 Å². The minimum absolute atomic E-state index is 0.409. The number of anilines is 1. The van der Waals surface area contributed by atoms with Crippen molar-refractivity contribution < 1.29 is 8.42 Å². The van der Waals surface area contributed by atoms with Crippen LogP contribution in [-0.2, 0) is 9.84 Å². The molecule has 0 aromatic heterocycles. The Kier molecular flexibility index (Phi) is 2.69. The van der Waals surface area contributed by atoms with Crippen LogP contribution in [0.1, 0.15) is 12.8 Å². The number of hydrogen-bond acceptors (Lipinski definition) is 3. The molecule has 1 aromatic rings. The molecule has 0 amide bonds. The van der Waals surface area contributed by atoms with Crippen LogP contribution in [0.25, 0.3) is 0 Å². The molecular weight excluding hydrogens is 210 g/mol. The van der Waals surface area contributed by atoms with E-state index in [0.29, 0.717) is 4.90 Å². The molecule has 1 heterocycles. The summed E-state index contributed by atoms with van der Waals surface area (Å²) in [6.07, 6.45) is 3.64. The van der Waals surface area contributed by atoms with Crippen molar-refractivity contribution in [2.45, 2.75) is 17.7 Å². The largest absolute Gasteiger partial charge is 0.372 e. The summed E-state index contributed by atoms with van der Waals surface area (Å²) in [4.78, 5) is 2.64. The maximum atomic E-state index is 11.4. The highest BCUT2D eigenvalue weighted by Gasteiger charge is 2.14. The summed E-state index contributed by atoms with van der Waals surface area (Å²) in [7, 11) is -3.08. The fraction of sp³-hybridized carbons (Fsp3) is 0.455. The van der Waals surface area contributed by atoms with Gasteiger partial charge < -0.3 is 4.90 Å². The average molecular weight is 225 g/mol. The van der Waals surface area contributed by atoms with Gasteiger partial charge in [-0.2, -0.15) is 0 Å². The van der Waals surface area contributed by atoms with Crippen LogP contribution in [0.2, 0.25) is 0 Å². The Hall–Kier alpha value is -1.03. The Morgan fingerprint density at radius 1 is 1.20 bits per heavy atom. The molecule has 0 aliphatic carbocycles. The van der Waals surface area contributed by atoms with Crippen molar-refractivity contribution in [2.75, 3.05) is 24.2 Å². The highest BCUT2D eigenvalue weighted by molar-refractivity contribution is 7.90. The lowest BCUT2D eigenvalue weighted by atomic mass is 10.3. The highest BCUT2D eigenvalue weighted by atomic mass is 32.2. The second kappa shape index (κ2) is 3.85. The van der Waals surface area contributed by atoms with Gasteiger partial charge in [-0.05, 0) is 31.0 Å². The van der Waals surface area contributed by atoms with Crippen LogP contribution in [0.15, 0.2) is 29.2 Å². The van der Waals surface area contributed by atoms with Gasteiger partial charge in [-0.15, -0.1) is 0 Å². The summed E-state index contributed by atoms with van der Waals surface area (Å²) in [5.41, 5.74) is 1.02. The molecule has 2 rings (SSSR count). The quantitative estimate of drug-likeness (QED) is 0.768. The van der Waals surface area contributed by atoms with Gasteiger partial charge in [0.25, 0.3) is 0 Å². The summed E-state index contributed by atoms with van der Waals surface area (Å²) < 4.78 is 22.8. The van der Waals surface area contributed by atoms with Gasteiger partial charge in [0.1, 0.15) is 0 Å². The second-order valence-electron chi connectivity index (χ2n) is 3.96. The minimum atomic E-state index is -3.08. The Bertz CT molecular complexity index is 447. The van der Waals surface area contributed by atoms with E-state index in [2.05, 4.69) is 4.90 Å². The van der Waals surface area contributed by atoms with Gasteiger partial charge in [0.05, 0.1) is 4.90 Å². The molecule has 0 radical (unpaired) electrons. The third-order valence-electron chi connectivity index (χ3n) is 2.72. The molecule has 82 valence electrons. The normalized spacial score (nSPS) is 17.0. The summed E-state index contributed by atoms with van der Waals surface area (Å²) in [5, 5.41) is 0. The Labute approximate surface area is 90.6 Å².